The molecule has 2 amide bonds. The zero-order valence-corrected chi connectivity index (χ0v) is 18.7. The van der Waals surface area contributed by atoms with E-state index in [0.717, 1.165) is 11.1 Å². The number of carbonyl (C=O) groups excluding carboxylic acids is 3. The molecule has 170 valence electrons. The number of aromatic amines is 1. The van der Waals surface area contributed by atoms with Crippen LogP contribution in [0.15, 0.2) is 42.5 Å². The maximum absolute atomic E-state index is 12.6. The summed E-state index contributed by atoms with van der Waals surface area (Å²) in [5, 5.41) is 19.5. The van der Waals surface area contributed by atoms with Crippen molar-refractivity contribution in [3.05, 3.63) is 58.7 Å². The number of halogens is 1. The van der Waals surface area contributed by atoms with Crippen LogP contribution in [0.4, 0.5) is 5.69 Å². The summed E-state index contributed by atoms with van der Waals surface area (Å²) in [6.45, 7) is 1.51. The number of hydrogen-bond acceptors (Lipinski definition) is 6. The fourth-order valence-corrected chi connectivity index (χ4v) is 3.26. The molecular formula is C23H22ClN5O4. The van der Waals surface area contributed by atoms with Crippen molar-refractivity contribution in [2.24, 2.45) is 0 Å². The molecule has 0 atom stereocenters. The number of rotatable bonds is 9. The van der Waals surface area contributed by atoms with Crippen molar-refractivity contribution >= 4 is 46.0 Å². The number of H-pyrrole nitrogens is 1. The Labute approximate surface area is 195 Å². The Hall–Kier alpha value is -3.90. The van der Waals surface area contributed by atoms with Gasteiger partial charge in [0.05, 0.1) is 24.4 Å². The second-order valence-electron chi connectivity index (χ2n) is 7.17. The van der Waals surface area contributed by atoms with Crippen molar-refractivity contribution in [1.29, 1.82) is 5.26 Å². The molecule has 0 unspecified atom stereocenters. The zero-order valence-electron chi connectivity index (χ0n) is 17.9. The highest BCUT2D eigenvalue weighted by Crippen LogP contribution is 2.23. The lowest BCUT2D eigenvalue weighted by Crippen LogP contribution is -2.36. The van der Waals surface area contributed by atoms with Crippen molar-refractivity contribution < 1.29 is 19.1 Å². The van der Waals surface area contributed by atoms with Gasteiger partial charge in [0, 0.05) is 29.2 Å². The van der Waals surface area contributed by atoms with E-state index in [0.29, 0.717) is 16.1 Å². The van der Waals surface area contributed by atoms with Crippen molar-refractivity contribution in [3.8, 4) is 6.07 Å². The summed E-state index contributed by atoms with van der Waals surface area (Å²) in [6.07, 6.45) is 0.00882. The number of anilines is 1. The minimum atomic E-state index is -0.636. The molecule has 0 aliphatic carbocycles. The molecule has 9 nitrogen and oxygen atoms in total. The Morgan fingerprint density at radius 3 is 2.79 bits per heavy atom. The highest BCUT2D eigenvalue weighted by Gasteiger charge is 2.19. The fourth-order valence-electron chi connectivity index (χ4n) is 3.15. The Morgan fingerprint density at radius 2 is 2.03 bits per heavy atom. The SMILES string of the molecule is Cc1cc(N(CCC#N)C(=O)COC(=O)CCNC(=O)c2n[nH]c3ccccc23)ccc1Cl. The Bertz CT molecular complexity index is 1220. The van der Waals surface area contributed by atoms with Crippen LogP contribution in [0.3, 0.4) is 0 Å². The van der Waals surface area contributed by atoms with E-state index in [4.69, 9.17) is 21.6 Å². The number of aromatic nitrogens is 2. The summed E-state index contributed by atoms with van der Waals surface area (Å²) in [4.78, 5) is 38.4. The molecule has 10 heteroatoms. The average Bonchev–Trinajstić information content (AvgIpc) is 3.24. The maximum Gasteiger partial charge on any atom is 0.308 e. The van der Waals surface area contributed by atoms with Gasteiger partial charge in [0.2, 0.25) is 0 Å². The van der Waals surface area contributed by atoms with Crippen LogP contribution in [0.1, 0.15) is 28.9 Å². The number of esters is 1. The van der Waals surface area contributed by atoms with Gasteiger partial charge in [-0.1, -0.05) is 29.8 Å². The van der Waals surface area contributed by atoms with E-state index in [-0.39, 0.29) is 31.6 Å². The van der Waals surface area contributed by atoms with E-state index < -0.39 is 24.4 Å². The third-order valence-corrected chi connectivity index (χ3v) is 5.28. The molecule has 1 aromatic heterocycles. The second kappa shape index (κ2) is 11.1. The number of nitrogens with one attached hydrogen (secondary N) is 2. The molecule has 2 aromatic carbocycles. The average molecular weight is 468 g/mol. The first-order valence-corrected chi connectivity index (χ1v) is 10.6. The topological polar surface area (TPSA) is 128 Å². The number of nitriles is 1. The van der Waals surface area contributed by atoms with E-state index in [1.54, 1.807) is 43.3 Å². The lowest BCUT2D eigenvalue weighted by atomic mass is 10.2. The number of carbonyl (C=O) groups is 3. The number of para-hydroxylation sites is 1. The van der Waals surface area contributed by atoms with Gasteiger partial charge in [-0.05, 0) is 36.8 Å². The van der Waals surface area contributed by atoms with Crippen molar-refractivity contribution in [1.82, 2.24) is 15.5 Å². The molecule has 0 radical (unpaired) electrons. The van der Waals surface area contributed by atoms with Gasteiger partial charge in [0.1, 0.15) is 0 Å². The summed E-state index contributed by atoms with van der Waals surface area (Å²) < 4.78 is 5.07. The van der Waals surface area contributed by atoms with Crippen LogP contribution in [0.25, 0.3) is 10.9 Å². The van der Waals surface area contributed by atoms with E-state index >= 15 is 0 Å². The van der Waals surface area contributed by atoms with Gasteiger partial charge in [-0.3, -0.25) is 19.5 Å². The molecule has 0 aliphatic rings. The molecule has 0 aliphatic heterocycles. The van der Waals surface area contributed by atoms with Gasteiger partial charge in [0.25, 0.3) is 11.8 Å². The number of amides is 2. The van der Waals surface area contributed by atoms with E-state index in [1.807, 2.05) is 12.1 Å². The number of benzene rings is 2. The fraction of sp³-hybridized carbons (Fsp3) is 0.261. The molecule has 3 aromatic rings. The minimum absolute atomic E-state index is 0.0293. The maximum atomic E-state index is 12.6. The summed E-state index contributed by atoms with van der Waals surface area (Å²) >= 11 is 6.04. The quantitative estimate of drug-likeness (QED) is 0.465. The van der Waals surface area contributed by atoms with Gasteiger partial charge in [-0.2, -0.15) is 10.4 Å². The molecule has 0 bridgehead atoms. The van der Waals surface area contributed by atoms with Crippen LogP contribution < -0.4 is 10.2 Å². The van der Waals surface area contributed by atoms with Crippen molar-refractivity contribution in [2.75, 3.05) is 24.6 Å². The third-order valence-electron chi connectivity index (χ3n) is 4.86. The minimum Gasteiger partial charge on any atom is -0.455 e. The number of aryl methyl sites for hydroxylation is 1. The normalized spacial score (nSPS) is 10.5. The summed E-state index contributed by atoms with van der Waals surface area (Å²) in [7, 11) is 0. The van der Waals surface area contributed by atoms with E-state index in [9.17, 15) is 14.4 Å². The number of ether oxygens (including phenoxy) is 1. The van der Waals surface area contributed by atoms with Gasteiger partial charge in [-0.25, -0.2) is 0 Å². The first-order chi connectivity index (χ1) is 15.9. The predicted molar refractivity (Wildman–Crippen MR) is 123 cm³/mol. The number of fused-ring (bicyclic) bond motifs is 1. The lowest BCUT2D eigenvalue weighted by molar-refractivity contribution is -0.147. The Kier molecular flexibility index (Phi) is 8.00. The molecule has 33 heavy (non-hydrogen) atoms. The zero-order chi connectivity index (χ0) is 23.8. The van der Waals surface area contributed by atoms with Crippen LogP contribution in [-0.4, -0.2) is 47.7 Å². The second-order valence-corrected chi connectivity index (χ2v) is 7.58. The number of hydrogen-bond donors (Lipinski definition) is 2. The highest BCUT2D eigenvalue weighted by atomic mass is 35.5. The molecule has 0 saturated heterocycles. The standard InChI is InChI=1S/C23H22ClN5O4/c1-15-13-16(7-8-18(15)24)29(12-4-10-25)20(30)14-33-21(31)9-11-26-23(32)22-17-5-2-3-6-19(17)27-28-22/h2-3,5-8,13H,4,9,11-12,14H2,1H3,(H,26,32)(H,27,28). The van der Waals surface area contributed by atoms with Crippen LogP contribution in [0, 0.1) is 18.3 Å². The molecule has 3 rings (SSSR count). The predicted octanol–water partition coefficient (Wildman–Crippen LogP) is 3.13. The van der Waals surface area contributed by atoms with Crippen LogP contribution in [0.2, 0.25) is 5.02 Å². The third kappa shape index (κ3) is 6.08. The van der Waals surface area contributed by atoms with Crippen molar-refractivity contribution in [2.45, 2.75) is 19.8 Å². The largest absolute Gasteiger partial charge is 0.455 e. The lowest BCUT2D eigenvalue weighted by Gasteiger charge is -2.22. The van der Waals surface area contributed by atoms with Crippen LogP contribution in [-0.2, 0) is 14.3 Å². The molecule has 0 spiro atoms. The van der Waals surface area contributed by atoms with Gasteiger partial charge in [-0.15, -0.1) is 0 Å². The number of nitrogens with zero attached hydrogens (tertiary/aromatic N) is 3. The van der Waals surface area contributed by atoms with Gasteiger partial charge < -0.3 is 15.0 Å². The molecular weight excluding hydrogens is 446 g/mol. The summed E-state index contributed by atoms with van der Waals surface area (Å²) in [6, 6.07) is 14.3. The molecule has 0 fully saturated rings. The highest BCUT2D eigenvalue weighted by molar-refractivity contribution is 6.31. The first-order valence-electron chi connectivity index (χ1n) is 10.2. The van der Waals surface area contributed by atoms with Gasteiger partial charge in [0.15, 0.2) is 12.3 Å². The molecule has 2 N–H and O–H groups in total. The van der Waals surface area contributed by atoms with Crippen LogP contribution >= 0.6 is 11.6 Å². The Balaban J connectivity index is 1.50. The summed E-state index contributed by atoms with van der Waals surface area (Å²) in [5.41, 5.74) is 2.31. The smallest absolute Gasteiger partial charge is 0.308 e. The van der Waals surface area contributed by atoms with Crippen molar-refractivity contribution in [3.63, 3.8) is 0 Å². The van der Waals surface area contributed by atoms with Gasteiger partial charge >= 0.3 is 5.97 Å². The van der Waals surface area contributed by atoms with E-state index in [2.05, 4.69) is 15.5 Å². The molecule has 0 saturated carbocycles. The van der Waals surface area contributed by atoms with Crippen LogP contribution in [0.5, 0.6) is 0 Å². The molecule has 1 heterocycles. The first kappa shape index (κ1) is 23.8. The Morgan fingerprint density at radius 1 is 1.24 bits per heavy atom. The monoisotopic (exact) mass is 467 g/mol. The van der Waals surface area contributed by atoms with E-state index in [1.165, 1.54) is 4.90 Å². The summed E-state index contributed by atoms with van der Waals surface area (Å²) in [5.74, 6) is -1.52.